The lowest BCUT2D eigenvalue weighted by molar-refractivity contribution is 0.749. The summed E-state index contributed by atoms with van der Waals surface area (Å²) < 4.78 is 0. The summed E-state index contributed by atoms with van der Waals surface area (Å²) in [5.41, 5.74) is 12.3. The molecule has 1 rings (SSSR count). The highest BCUT2D eigenvalue weighted by molar-refractivity contribution is 6.44. The first-order chi connectivity index (χ1) is 6.57. The van der Waals surface area contributed by atoms with E-state index in [9.17, 15) is 0 Å². The van der Waals surface area contributed by atoms with Crippen molar-refractivity contribution in [3.63, 3.8) is 0 Å². The molecular weight excluding hydrogens is 221 g/mol. The van der Waals surface area contributed by atoms with Crippen molar-refractivity contribution in [2.75, 3.05) is 5.73 Å². The van der Waals surface area contributed by atoms with Gasteiger partial charge in [0.2, 0.25) is 0 Å². The molecule has 1 aromatic carbocycles. The number of hydrogen-bond donors (Lipinski definition) is 2. The quantitative estimate of drug-likeness (QED) is 0.766. The molecule has 0 bridgehead atoms. The first-order valence-electron chi connectivity index (χ1n) is 3.93. The minimum atomic E-state index is -0.425. The summed E-state index contributed by atoms with van der Waals surface area (Å²) in [6.45, 7) is 0. The Kier molecular flexibility index (Phi) is 3.59. The molecule has 0 saturated carbocycles. The van der Waals surface area contributed by atoms with Crippen LogP contribution in [0.3, 0.4) is 0 Å². The Morgan fingerprint density at radius 2 is 2.00 bits per heavy atom. The first kappa shape index (κ1) is 11.1. The van der Waals surface area contributed by atoms with E-state index in [0.29, 0.717) is 16.3 Å². The summed E-state index contributed by atoms with van der Waals surface area (Å²) in [5.74, 6) is 0. The van der Waals surface area contributed by atoms with E-state index in [-0.39, 0.29) is 11.4 Å². The molecule has 0 fully saturated rings. The average molecular weight is 230 g/mol. The van der Waals surface area contributed by atoms with E-state index >= 15 is 0 Å². The molecule has 4 N–H and O–H groups in total. The molecule has 74 valence electrons. The second-order valence-electron chi connectivity index (χ2n) is 2.84. The monoisotopic (exact) mass is 229 g/mol. The molecule has 0 aliphatic heterocycles. The molecule has 0 amide bonds. The van der Waals surface area contributed by atoms with Crippen LogP contribution in [0.25, 0.3) is 0 Å². The van der Waals surface area contributed by atoms with E-state index in [1.165, 1.54) is 0 Å². The van der Waals surface area contributed by atoms with Gasteiger partial charge in [-0.15, -0.1) is 0 Å². The summed E-state index contributed by atoms with van der Waals surface area (Å²) in [5, 5.41) is 9.10. The molecule has 3 nitrogen and oxygen atoms in total. The molecule has 0 saturated heterocycles. The Labute approximate surface area is 92.2 Å². The van der Waals surface area contributed by atoms with Crippen LogP contribution in [0, 0.1) is 11.3 Å². The number of nitrogen functional groups attached to an aromatic ring is 1. The lowest BCUT2D eigenvalue weighted by Gasteiger charge is -2.12. The molecule has 0 heterocycles. The van der Waals surface area contributed by atoms with E-state index < -0.39 is 6.04 Å². The van der Waals surface area contributed by atoms with Crippen LogP contribution in [0.5, 0.6) is 0 Å². The van der Waals surface area contributed by atoms with Gasteiger partial charge in [-0.3, -0.25) is 0 Å². The second-order valence-corrected chi connectivity index (χ2v) is 3.60. The average Bonchev–Trinajstić information content (AvgIpc) is 2.15. The topological polar surface area (TPSA) is 75.8 Å². The van der Waals surface area contributed by atoms with Crippen molar-refractivity contribution in [2.24, 2.45) is 5.73 Å². The first-order valence-corrected chi connectivity index (χ1v) is 4.69. The number of anilines is 1. The molecule has 0 aliphatic carbocycles. The van der Waals surface area contributed by atoms with Gasteiger partial charge >= 0.3 is 0 Å². The lowest BCUT2D eigenvalue weighted by atomic mass is 10.0. The number of hydrogen-bond acceptors (Lipinski definition) is 3. The number of nitriles is 1. The highest BCUT2D eigenvalue weighted by atomic mass is 35.5. The smallest absolute Gasteiger partial charge is 0.0824 e. The zero-order valence-corrected chi connectivity index (χ0v) is 8.81. The number of benzene rings is 1. The predicted octanol–water partition coefficient (Wildman–Crippen LogP) is 2.49. The van der Waals surface area contributed by atoms with Crippen molar-refractivity contribution in [1.82, 2.24) is 0 Å². The Morgan fingerprint density at radius 3 is 2.57 bits per heavy atom. The molecule has 1 atom stereocenters. The second kappa shape index (κ2) is 4.52. The maximum absolute atomic E-state index is 8.48. The number of nitrogens with zero attached hydrogens (tertiary/aromatic N) is 1. The third kappa shape index (κ3) is 2.10. The Balaban J connectivity index is 3.12. The van der Waals surface area contributed by atoms with Crippen LogP contribution >= 0.6 is 23.2 Å². The van der Waals surface area contributed by atoms with E-state index in [1.807, 2.05) is 6.07 Å². The van der Waals surface area contributed by atoms with E-state index in [1.54, 1.807) is 12.1 Å². The third-order valence-corrected chi connectivity index (χ3v) is 2.76. The van der Waals surface area contributed by atoms with Crippen molar-refractivity contribution >= 4 is 28.9 Å². The van der Waals surface area contributed by atoms with Gasteiger partial charge in [0.05, 0.1) is 28.2 Å². The number of nitrogens with two attached hydrogens (primary N) is 2. The summed E-state index contributed by atoms with van der Waals surface area (Å²) in [6.07, 6.45) is 0.194. The minimum absolute atomic E-state index is 0.194. The van der Waals surface area contributed by atoms with Crippen molar-refractivity contribution in [1.29, 1.82) is 5.26 Å². The normalized spacial score (nSPS) is 12.1. The zero-order chi connectivity index (χ0) is 10.7. The lowest BCUT2D eigenvalue weighted by Crippen LogP contribution is -2.10. The van der Waals surface area contributed by atoms with Crippen LogP contribution in [0.4, 0.5) is 5.69 Å². The third-order valence-electron chi connectivity index (χ3n) is 1.85. The van der Waals surface area contributed by atoms with Crippen LogP contribution in [0.1, 0.15) is 18.0 Å². The standard InChI is InChI=1S/C9H9Cl2N3/c10-8-5(6(13)3-4-12)1-2-7(14)9(8)11/h1-2,6H,3,13-14H2/t6-/m0/s1. The van der Waals surface area contributed by atoms with Gasteiger partial charge in [-0.05, 0) is 11.6 Å². The van der Waals surface area contributed by atoms with Crippen molar-refractivity contribution in [3.8, 4) is 6.07 Å². The van der Waals surface area contributed by atoms with Crippen LogP contribution in [-0.2, 0) is 0 Å². The maximum atomic E-state index is 8.48. The van der Waals surface area contributed by atoms with Gasteiger partial charge in [-0.25, -0.2) is 0 Å². The van der Waals surface area contributed by atoms with Gasteiger partial charge in [-0.1, -0.05) is 29.3 Å². The fraction of sp³-hybridized carbons (Fsp3) is 0.222. The van der Waals surface area contributed by atoms with Crippen LogP contribution < -0.4 is 11.5 Å². The molecule has 14 heavy (non-hydrogen) atoms. The van der Waals surface area contributed by atoms with Crippen molar-refractivity contribution < 1.29 is 0 Å². The fourth-order valence-electron chi connectivity index (χ4n) is 1.07. The summed E-state index contributed by atoms with van der Waals surface area (Å²) in [4.78, 5) is 0. The van der Waals surface area contributed by atoms with Gasteiger partial charge in [0.1, 0.15) is 0 Å². The van der Waals surface area contributed by atoms with E-state index in [2.05, 4.69) is 0 Å². The number of halogens is 2. The maximum Gasteiger partial charge on any atom is 0.0824 e. The Morgan fingerprint density at radius 1 is 1.36 bits per heavy atom. The summed E-state index contributed by atoms with van der Waals surface area (Å²) in [7, 11) is 0. The van der Waals surface area contributed by atoms with E-state index in [4.69, 9.17) is 39.9 Å². The largest absolute Gasteiger partial charge is 0.397 e. The SMILES string of the molecule is N#CC[C@H](N)c1ccc(N)c(Cl)c1Cl. The zero-order valence-electron chi connectivity index (χ0n) is 7.30. The van der Waals surface area contributed by atoms with Gasteiger partial charge in [-0.2, -0.15) is 5.26 Å². The number of rotatable bonds is 2. The molecule has 0 aromatic heterocycles. The highest BCUT2D eigenvalue weighted by Gasteiger charge is 2.13. The van der Waals surface area contributed by atoms with Gasteiger partial charge < -0.3 is 11.5 Å². The molecule has 0 aliphatic rings. The molecular formula is C9H9Cl2N3. The molecule has 5 heteroatoms. The molecule has 0 radical (unpaired) electrons. The van der Waals surface area contributed by atoms with Crippen molar-refractivity contribution in [3.05, 3.63) is 27.7 Å². The molecule has 1 aromatic rings. The van der Waals surface area contributed by atoms with Gasteiger partial charge in [0.15, 0.2) is 0 Å². The highest BCUT2D eigenvalue weighted by Crippen LogP contribution is 2.34. The van der Waals surface area contributed by atoms with Gasteiger partial charge in [0.25, 0.3) is 0 Å². The predicted molar refractivity (Wildman–Crippen MR) is 58.0 cm³/mol. The summed E-state index contributed by atoms with van der Waals surface area (Å²) in [6, 6.07) is 4.86. The fourth-order valence-corrected chi connectivity index (χ4v) is 1.56. The van der Waals surface area contributed by atoms with E-state index in [0.717, 1.165) is 0 Å². The van der Waals surface area contributed by atoms with Crippen LogP contribution in [0.2, 0.25) is 10.0 Å². The molecule has 0 unspecified atom stereocenters. The summed E-state index contributed by atoms with van der Waals surface area (Å²) >= 11 is 11.8. The van der Waals surface area contributed by atoms with Crippen molar-refractivity contribution in [2.45, 2.75) is 12.5 Å². The van der Waals surface area contributed by atoms with Gasteiger partial charge in [0, 0.05) is 6.04 Å². The van der Waals surface area contributed by atoms with Crippen LogP contribution in [0.15, 0.2) is 12.1 Å². The Hall–Kier alpha value is -0.950. The molecule has 0 spiro atoms. The van der Waals surface area contributed by atoms with Crippen LogP contribution in [-0.4, -0.2) is 0 Å². The minimum Gasteiger partial charge on any atom is -0.397 e. The Bertz CT molecular complexity index is 384.